The molecule has 1 N–H and O–H groups in total. The molecule has 0 aromatic heterocycles. The molecule has 1 saturated heterocycles. The largest absolute Gasteiger partial charge is 0.390 e. The minimum Gasteiger partial charge on any atom is -0.390 e. The first-order valence-corrected chi connectivity index (χ1v) is 6.66. The third kappa shape index (κ3) is 2.96. The van der Waals surface area contributed by atoms with Crippen LogP contribution in [0, 0.1) is 5.92 Å². The molecule has 3 heteroatoms. The summed E-state index contributed by atoms with van der Waals surface area (Å²) in [5.41, 5.74) is -0.478. The average molecular weight is 228 g/mol. The Morgan fingerprint density at radius 2 is 2.06 bits per heavy atom. The minimum atomic E-state index is -0.478. The molecule has 0 unspecified atom stereocenters. The molecule has 94 valence electrons. The lowest BCUT2D eigenvalue weighted by Crippen LogP contribution is -2.37. The van der Waals surface area contributed by atoms with E-state index in [2.05, 4.69) is 6.92 Å². The van der Waals surface area contributed by atoms with Crippen LogP contribution in [0.3, 0.4) is 0 Å². The molecule has 0 spiro atoms. The summed E-state index contributed by atoms with van der Waals surface area (Å²) in [6.07, 6.45) is 7.50. The molecular formula is C13H24O3. The molecule has 1 saturated carbocycles. The molecule has 2 rings (SSSR count). The van der Waals surface area contributed by atoms with E-state index in [4.69, 9.17) is 9.47 Å². The molecule has 0 aromatic carbocycles. The van der Waals surface area contributed by atoms with Gasteiger partial charge >= 0.3 is 0 Å². The van der Waals surface area contributed by atoms with Gasteiger partial charge in [-0.3, -0.25) is 0 Å². The van der Waals surface area contributed by atoms with E-state index in [1.165, 1.54) is 6.42 Å². The number of rotatable bonds is 4. The van der Waals surface area contributed by atoms with E-state index in [0.717, 1.165) is 45.1 Å². The minimum absolute atomic E-state index is 0.0267. The second-order valence-corrected chi connectivity index (χ2v) is 5.34. The van der Waals surface area contributed by atoms with Crippen LogP contribution < -0.4 is 0 Å². The van der Waals surface area contributed by atoms with Crippen molar-refractivity contribution in [3.8, 4) is 0 Å². The molecule has 1 aliphatic carbocycles. The van der Waals surface area contributed by atoms with Gasteiger partial charge in [-0.1, -0.05) is 19.8 Å². The molecule has 0 aromatic rings. The summed E-state index contributed by atoms with van der Waals surface area (Å²) in [5, 5.41) is 10.4. The highest BCUT2D eigenvalue weighted by molar-refractivity contribution is 4.88. The van der Waals surface area contributed by atoms with E-state index in [9.17, 15) is 5.11 Å². The Kier molecular flexibility index (Phi) is 4.22. The van der Waals surface area contributed by atoms with Crippen LogP contribution in [-0.2, 0) is 9.47 Å². The Morgan fingerprint density at radius 3 is 2.69 bits per heavy atom. The Bertz CT molecular complexity index is 205. The lowest BCUT2D eigenvalue weighted by molar-refractivity contribution is -0.179. The molecule has 1 heterocycles. The molecule has 1 aliphatic heterocycles. The van der Waals surface area contributed by atoms with Crippen molar-refractivity contribution in [2.24, 2.45) is 5.92 Å². The zero-order chi connectivity index (χ0) is 11.4. The summed E-state index contributed by atoms with van der Waals surface area (Å²) in [4.78, 5) is 0. The maximum atomic E-state index is 10.4. The van der Waals surface area contributed by atoms with Gasteiger partial charge in [0, 0.05) is 12.5 Å². The maximum Gasteiger partial charge on any atom is 0.157 e. The van der Waals surface area contributed by atoms with Gasteiger partial charge in [-0.2, -0.15) is 0 Å². The van der Waals surface area contributed by atoms with Crippen molar-refractivity contribution in [1.29, 1.82) is 0 Å². The van der Waals surface area contributed by atoms with Crippen LogP contribution in [0.4, 0.5) is 0 Å². The van der Waals surface area contributed by atoms with E-state index in [-0.39, 0.29) is 12.2 Å². The Hall–Kier alpha value is -0.120. The van der Waals surface area contributed by atoms with Gasteiger partial charge < -0.3 is 14.6 Å². The molecule has 3 nitrogen and oxygen atoms in total. The number of hydrogen-bond donors (Lipinski definition) is 1. The monoisotopic (exact) mass is 228 g/mol. The van der Waals surface area contributed by atoms with Gasteiger partial charge in [0.2, 0.25) is 0 Å². The summed E-state index contributed by atoms with van der Waals surface area (Å²) in [6, 6.07) is 0. The van der Waals surface area contributed by atoms with Gasteiger partial charge in [0.05, 0.1) is 12.2 Å². The highest BCUT2D eigenvalue weighted by atomic mass is 16.7. The Morgan fingerprint density at radius 1 is 1.31 bits per heavy atom. The van der Waals surface area contributed by atoms with E-state index >= 15 is 0 Å². The second kappa shape index (κ2) is 5.48. The van der Waals surface area contributed by atoms with Gasteiger partial charge in [0.25, 0.3) is 0 Å². The molecule has 0 radical (unpaired) electrons. The lowest BCUT2D eigenvalue weighted by Gasteiger charge is -2.31. The summed E-state index contributed by atoms with van der Waals surface area (Å²) in [5.74, 6) is 0.223. The molecule has 2 aliphatic rings. The average Bonchev–Trinajstić information content (AvgIpc) is 2.76. The van der Waals surface area contributed by atoms with Gasteiger partial charge in [-0.15, -0.1) is 0 Å². The van der Waals surface area contributed by atoms with E-state index in [1.54, 1.807) is 0 Å². The number of aliphatic hydroxyl groups is 1. The molecule has 16 heavy (non-hydrogen) atoms. The Labute approximate surface area is 98.1 Å². The van der Waals surface area contributed by atoms with Crippen LogP contribution >= 0.6 is 0 Å². The quantitative estimate of drug-likeness (QED) is 0.803. The molecule has 0 bridgehead atoms. The summed E-state index contributed by atoms with van der Waals surface area (Å²) >= 11 is 0. The van der Waals surface area contributed by atoms with Gasteiger partial charge in [-0.25, -0.2) is 0 Å². The van der Waals surface area contributed by atoms with Crippen molar-refractivity contribution < 1.29 is 14.6 Å². The van der Waals surface area contributed by atoms with E-state index in [1.807, 2.05) is 0 Å². The first-order valence-electron chi connectivity index (χ1n) is 6.66. The van der Waals surface area contributed by atoms with Crippen molar-refractivity contribution in [3.05, 3.63) is 0 Å². The predicted molar refractivity (Wildman–Crippen MR) is 62.1 cm³/mol. The zero-order valence-corrected chi connectivity index (χ0v) is 10.3. The molecular weight excluding hydrogens is 204 g/mol. The predicted octanol–water partition coefficient (Wildman–Crippen LogP) is 2.47. The maximum absolute atomic E-state index is 10.4. The SMILES string of the molecule is C[C@H](CO[C@@H]1CCCCO1)C1(O)CCCC1. The first-order chi connectivity index (χ1) is 7.71. The summed E-state index contributed by atoms with van der Waals surface area (Å²) < 4.78 is 11.3. The molecule has 2 fully saturated rings. The molecule has 0 amide bonds. The smallest absolute Gasteiger partial charge is 0.157 e. The number of ether oxygens (including phenoxy) is 2. The fraction of sp³-hybridized carbons (Fsp3) is 1.00. The van der Waals surface area contributed by atoms with Crippen molar-refractivity contribution in [2.75, 3.05) is 13.2 Å². The van der Waals surface area contributed by atoms with E-state index in [0.29, 0.717) is 6.61 Å². The van der Waals surface area contributed by atoms with E-state index < -0.39 is 5.60 Å². The highest BCUT2D eigenvalue weighted by Crippen LogP contribution is 2.36. The normalized spacial score (nSPS) is 31.5. The third-order valence-corrected chi connectivity index (χ3v) is 4.06. The fourth-order valence-corrected chi connectivity index (χ4v) is 2.73. The van der Waals surface area contributed by atoms with Crippen LogP contribution in [0.2, 0.25) is 0 Å². The van der Waals surface area contributed by atoms with Crippen LogP contribution in [-0.4, -0.2) is 30.2 Å². The topological polar surface area (TPSA) is 38.7 Å². The fourth-order valence-electron chi connectivity index (χ4n) is 2.73. The van der Waals surface area contributed by atoms with Crippen molar-refractivity contribution in [1.82, 2.24) is 0 Å². The first kappa shape index (κ1) is 12.3. The summed E-state index contributed by atoms with van der Waals surface area (Å²) in [6.45, 7) is 3.54. The molecule has 2 atom stereocenters. The summed E-state index contributed by atoms with van der Waals surface area (Å²) in [7, 11) is 0. The third-order valence-electron chi connectivity index (χ3n) is 4.06. The van der Waals surface area contributed by atoms with Crippen LogP contribution in [0.25, 0.3) is 0 Å². The van der Waals surface area contributed by atoms with Gasteiger partial charge in [0.1, 0.15) is 0 Å². The van der Waals surface area contributed by atoms with Crippen LogP contribution in [0.5, 0.6) is 0 Å². The Balaban J connectivity index is 1.72. The van der Waals surface area contributed by atoms with Gasteiger partial charge in [-0.05, 0) is 32.1 Å². The van der Waals surface area contributed by atoms with Crippen molar-refractivity contribution in [2.45, 2.75) is 63.8 Å². The van der Waals surface area contributed by atoms with Gasteiger partial charge in [0.15, 0.2) is 6.29 Å². The number of hydrogen-bond acceptors (Lipinski definition) is 3. The second-order valence-electron chi connectivity index (χ2n) is 5.34. The van der Waals surface area contributed by atoms with Crippen LogP contribution in [0.15, 0.2) is 0 Å². The van der Waals surface area contributed by atoms with Crippen LogP contribution in [0.1, 0.15) is 51.9 Å². The standard InChI is InChI=1S/C13H24O3/c1-11(13(14)7-3-4-8-13)10-16-12-6-2-5-9-15-12/h11-12,14H,2-10H2,1H3/t11-,12-/m1/s1. The van der Waals surface area contributed by atoms with Crippen molar-refractivity contribution >= 4 is 0 Å². The lowest BCUT2D eigenvalue weighted by atomic mass is 9.88. The van der Waals surface area contributed by atoms with Crippen molar-refractivity contribution in [3.63, 3.8) is 0 Å². The highest BCUT2D eigenvalue weighted by Gasteiger charge is 2.37. The zero-order valence-electron chi connectivity index (χ0n) is 10.3.